The van der Waals surface area contributed by atoms with Crippen LogP contribution in [0.4, 0.5) is 11.6 Å². The first-order valence-electron chi connectivity index (χ1n) is 8.44. The summed E-state index contributed by atoms with van der Waals surface area (Å²) in [6.45, 7) is 0. The summed E-state index contributed by atoms with van der Waals surface area (Å²) in [4.78, 5) is 8.80. The maximum Gasteiger partial charge on any atom is 0.221 e. The molecule has 0 fully saturated rings. The van der Waals surface area contributed by atoms with Gasteiger partial charge in [-0.05, 0) is 30.3 Å². The minimum atomic E-state index is 0.499. The van der Waals surface area contributed by atoms with Crippen molar-refractivity contribution in [3.8, 4) is 11.5 Å². The van der Waals surface area contributed by atoms with Crippen molar-refractivity contribution in [1.82, 2.24) is 14.5 Å². The van der Waals surface area contributed by atoms with Crippen LogP contribution in [0.5, 0.6) is 11.5 Å². The first-order chi connectivity index (χ1) is 13.7. The van der Waals surface area contributed by atoms with Crippen molar-refractivity contribution in [2.45, 2.75) is 0 Å². The average molecular weight is 438 g/mol. The van der Waals surface area contributed by atoms with E-state index in [1.54, 1.807) is 18.3 Å². The van der Waals surface area contributed by atoms with E-state index in [0.717, 1.165) is 22.7 Å². The van der Waals surface area contributed by atoms with Gasteiger partial charge in [-0.1, -0.05) is 23.4 Å². The van der Waals surface area contributed by atoms with Crippen molar-refractivity contribution in [2.75, 3.05) is 3.93 Å². The van der Waals surface area contributed by atoms with Crippen LogP contribution in [0.1, 0.15) is 5.69 Å². The molecule has 1 N–H and O–H groups in total. The molecule has 0 atom stereocenters. The monoisotopic (exact) mass is 437 g/mol. The average Bonchev–Trinajstić information content (AvgIpc) is 3.04. The molecule has 2 aromatic heterocycles. The lowest BCUT2D eigenvalue weighted by atomic mass is 10.3. The summed E-state index contributed by atoms with van der Waals surface area (Å²) in [5, 5.41) is 11.6. The van der Waals surface area contributed by atoms with Crippen LogP contribution in [0.3, 0.4) is 0 Å². The van der Waals surface area contributed by atoms with E-state index >= 15 is 0 Å². The van der Waals surface area contributed by atoms with Gasteiger partial charge >= 0.3 is 0 Å². The number of ether oxygens (including phenoxy) is 1. The molecule has 0 unspecified atom stereocenters. The van der Waals surface area contributed by atoms with Gasteiger partial charge in [-0.25, -0.2) is 8.91 Å². The summed E-state index contributed by atoms with van der Waals surface area (Å²) in [5.41, 5.74) is 3.26. The standard InChI is InChI=1S/C20H16BrN5O2/c1-25-19-8-7-16(28-17-9-10-22-14(11-17)13-23-27)12-18(19)24-20(25)26(21)15-5-3-2-4-6-15/h2-13,27H,1H3/b23-13+. The van der Waals surface area contributed by atoms with E-state index in [2.05, 4.69) is 26.3 Å². The van der Waals surface area contributed by atoms with Crippen LogP contribution in [0.15, 0.2) is 72.0 Å². The van der Waals surface area contributed by atoms with E-state index in [9.17, 15) is 0 Å². The maximum atomic E-state index is 8.64. The number of pyridine rings is 1. The number of oxime groups is 1. The molecule has 0 spiro atoms. The van der Waals surface area contributed by atoms with E-state index in [4.69, 9.17) is 14.9 Å². The summed E-state index contributed by atoms with van der Waals surface area (Å²) in [5.74, 6) is 1.99. The minimum Gasteiger partial charge on any atom is -0.457 e. The van der Waals surface area contributed by atoms with Crippen molar-refractivity contribution in [3.63, 3.8) is 0 Å². The van der Waals surface area contributed by atoms with Crippen LogP contribution in [0.25, 0.3) is 11.0 Å². The van der Waals surface area contributed by atoms with Crippen LogP contribution in [-0.2, 0) is 7.05 Å². The van der Waals surface area contributed by atoms with E-state index in [1.807, 2.05) is 64.1 Å². The molecule has 0 aliphatic heterocycles. The van der Waals surface area contributed by atoms with Crippen molar-refractivity contribution in [3.05, 3.63) is 72.6 Å². The summed E-state index contributed by atoms with van der Waals surface area (Å²) < 4.78 is 9.77. The number of aromatic nitrogens is 3. The fourth-order valence-corrected chi connectivity index (χ4v) is 3.39. The van der Waals surface area contributed by atoms with Gasteiger partial charge in [0.25, 0.3) is 0 Å². The second-order valence-corrected chi connectivity index (χ2v) is 6.71. The SMILES string of the molecule is Cn1c(N(Br)c2ccccc2)nc2cc(Oc3ccnc(/C=N/O)c3)ccc21. The fourth-order valence-electron chi connectivity index (χ4n) is 2.84. The highest BCUT2D eigenvalue weighted by atomic mass is 79.9. The number of imidazole rings is 1. The number of para-hydroxylation sites is 1. The Morgan fingerprint density at radius 3 is 2.68 bits per heavy atom. The quantitative estimate of drug-likeness (QED) is 0.205. The molecule has 0 saturated heterocycles. The Morgan fingerprint density at radius 2 is 1.89 bits per heavy atom. The molecular formula is C20H16BrN5O2. The van der Waals surface area contributed by atoms with Gasteiger partial charge in [0.05, 0.1) is 44.8 Å². The number of rotatable bonds is 5. The lowest BCUT2D eigenvalue weighted by Gasteiger charge is -2.15. The highest BCUT2D eigenvalue weighted by Crippen LogP contribution is 2.32. The van der Waals surface area contributed by atoms with Gasteiger partial charge in [-0.2, -0.15) is 0 Å². The fraction of sp³-hybridized carbons (Fsp3) is 0.0500. The Morgan fingerprint density at radius 1 is 1.11 bits per heavy atom. The van der Waals surface area contributed by atoms with E-state index in [0.29, 0.717) is 17.2 Å². The van der Waals surface area contributed by atoms with Gasteiger partial charge in [0, 0.05) is 25.4 Å². The van der Waals surface area contributed by atoms with Crippen LogP contribution >= 0.6 is 16.1 Å². The molecule has 0 bridgehead atoms. The lowest BCUT2D eigenvalue weighted by Crippen LogP contribution is -2.06. The minimum absolute atomic E-state index is 0.499. The Hall–Kier alpha value is -3.39. The molecule has 2 aromatic carbocycles. The number of hydrogen-bond donors (Lipinski definition) is 1. The second-order valence-electron chi connectivity index (χ2n) is 6.00. The highest BCUT2D eigenvalue weighted by Gasteiger charge is 2.15. The molecular weight excluding hydrogens is 422 g/mol. The van der Waals surface area contributed by atoms with E-state index < -0.39 is 0 Å². The molecule has 0 aliphatic carbocycles. The molecule has 0 aliphatic rings. The van der Waals surface area contributed by atoms with Crippen LogP contribution in [-0.4, -0.2) is 26.0 Å². The Labute approximate surface area is 169 Å². The Kier molecular flexibility index (Phi) is 4.94. The van der Waals surface area contributed by atoms with E-state index in [-0.39, 0.29) is 0 Å². The smallest absolute Gasteiger partial charge is 0.221 e. The number of halogens is 1. The van der Waals surface area contributed by atoms with Crippen molar-refractivity contribution < 1.29 is 9.94 Å². The molecule has 28 heavy (non-hydrogen) atoms. The van der Waals surface area contributed by atoms with Gasteiger partial charge in [0.1, 0.15) is 11.5 Å². The van der Waals surface area contributed by atoms with Crippen molar-refractivity contribution in [2.24, 2.45) is 12.2 Å². The van der Waals surface area contributed by atoms with Gasteiger partial charge in [-0.3, -0.25) is 4.98 Å². The molecule has 2 heterocycles. The molecule has 0 saturated carbocycles. The number of benzene rings is 2. The van der Waals surface area contributed by atoms with Gasteiger partial charge in [0.15, 0.2) is 0 Å². The number of hydrogen-bond acceptors (Lipinski definition) is 6. The van der Waals surface area contributed by atoms with Gasteiger partial charge in [-0.15, -0.1) is 0 Å². The largest absolute Gasteiger partial charge is 0.457 e. The van der Waals surface area contributed by atoms with Crippen LogP contribution in [0, 0.1) is 0 Å². The van der Waals surface area contributed by atoms with Gasteiger partial charge in [0.2, 0.25) is 5.95 Å². The number of fused-ring (bicyclic) bond motifs is 1. The number of nitrogens with zero attached hydrogens (tertiary/aromatic N) is 5. The maximum absolute atomic E-state index is 8.64. The zero-order valence-corrected chi connectivity index (χ0v) is 16.5. The predicted molar refractivity (Wildman–Crippen MR) is 112 cm³/mol. The zero-order chi connectivity index (χ0) is 19.5. The zero-order valence-electron chi connectivity index (χ0n) is 14.9. The molecule has 4 aromatic rings. The lowest BCUT2D eigenvalue weighted by molar-refractivity contribution is 0.321. The summed E-state index contributed by atoms with van der Waals surface area (Å²) >= 11 is 3.60. The van der Waals surface area contributed by atoms with Crippen molar-refractivity contribution >= 4 is 45.0 Å². The summed E-state index contributed by atoms with van der Waals surface area (Å²) in [6.07, 6.45) is 2.83. The highest BCUT2D eigenvalue weighted by molar-refractivity contribution is 9.10. The topological polar surface area (TPSA) is 75.8 Å². The second kappa shape index (κ2) is 7.69. The molecule has 7 nitrogen and oxygen atoms in total. The number of aryl methyl sites for hydroxylation is 1. The summed E-state index contributed by atoms with van der Waals surface area (Å²) in [6, 6.07) is 19.1. The van der Waals surface area contributed by atoms with Crippen LogP contribution < -0.4 is 8.66 Å². The van der Waals surface area contributed by atoms with Crippen LogP contribution in [0.2, 0.25) is 0 Å². The Bertz CT molecular complexity index is 1140. The third-order valence-electron chi connectivity index (χ3n) is 4.17. The molecule has 0 amide bonds. The first-order valence-corrected chi connectivity index (χ1v) is 9.15. The van der Waals surface area contributed by atoms with Gasteiger partial charge < -0.3 is 14.5 Å². The normalized spacial score (nSPS) is 11.2. The van der Waals surface area contributed by atoms with E-state index in [1.165, 1.54) is 6.21 Å². The molecule has 8 heteroatoms. The Balaban J connectivity index is 1.65. The third-order valence-corrected chi connectivity index (χ3v) is 4.89. The first kappa shape index (κ1) is 18.0. The summed E-state index contributed by atoms with van der Waals surface area (Å²) in [7, 11) is 1.96. The van der Waals surface area contributed by atoms with Crippen molar-refractivity contribution in [1.29, 1.82) is 0 Å². The third kappa shape index (κ3) is 3.54. The molecule has 140 valence electrons. The predicted octanol–water partition coefficient (Wildman–Crippen LogP) is 5.02. The molecule has 4 rings (SSSR count). The molecule has 0 radical (unpaired) electrons. The number of anilines is 2.